The first-order valence-electron chi connectivity index (χ1n) is 11.7. The molecule has 0 amide bonds. The molecule has 0 fully saturated rings. The molecule has 0 aliphatic rings. The first-order valence-corrected chi connectivity index (χ1v) is 18.1. The highest BCUT2D eigenvalue weighted by molar-refractivity contribution is 8.10. The Morgan fingerprint density at radius 1 is 0.737 bits per heavy atom. The van der Waals surface area contributed by atoms with Crippen LogP contribution in [0.15, 0.2) is 91.8 Å². The van der Waals surface area contributed by atoms with Gasteiger partial charge in [-0.1, -0.05) is 61.0 Å². The molecular formula is C28H27NO6S2Si. The van der Waals surface area contributed by atoms with E-state index in [1.165, 1.54) is 48.5 Å². The average molecular weight is 566 g/mol. The fourth-order valence-corrected chi connectivity index (χ4v) is 7.77. The first-order chi connectivity index (χ1) is 17.7. The number of hydrogen-bond acceptors (Lipinski definition) is 6. The third-order valence-corrected chi connectivity index (χ3v) is 10.7. The predicted molar refractivity (Wildman–Crippen MR) is 152 cm³/mol. The van der Waals surface area contributed by atoms with E-state index in [0.29, 0.717) is 9.10 Å². The lowest BCUT2D eigenvalue weighted by Gasteiger charge is -2.24. The van der Waals surface area contributed by atoms with Crippen LogP contribution in [0.2, 0.25) is 19.6 Å². The van der Waals surface area contributed by atoms with Gasteiger partial charge >= 0.3 is 5.63 Å². The van der Waals surface area contributed by atoms with Crippen LogP contribution in [-0.2, 0) is 20.0 Å². The second-order valence-corrected chi connectivity index (χ2v) is 18.6. The maximum atomic E-state index is 13.9. The van der Waals surface area contributed by atoms with Crippen LogP contribution in [0.5, 0.6) is 0 Å². The number of anilines is 1. The summed E-state index contributed by atoms with van der Waals surface area (Å²) < 4.78 is 61.2. The molecule has 1 heterocycles. The summed E-state index contributed by atoms with van der Waals surface area (Å²) in [4.78, 5) is 12.1. The van der Waals surface area contributed by atoms with Crippen molar-refractivity contribution in [1.82, 2.24) is 0 Å². The maximum Gasteiger partial charge on any atom is 0.352 e. The summed E-state index contributed by atoms with van der Waals surface area (Å²) >= 11 is 0. The number of hydrogen-bond donors (Lipinski definition) is 0. The van der Waals surface area contributed by atoms with Crippen LogP contribution in [-0.4, -0.2) is 24.9 Å². The Morgan fingerprint density at radius 2 is 1.24 bits per heavy atom. The summed E-state index contributed by atoms with van der Waals surface area (Å²) in [6.45, 7) is 9.70. The molecule has 196 valence electrons. The molecule has 38 heavy (non-hydrogen) atoms. The Kier molecular flexibility index (Phi) is 7.14. The summed E-state index contributed by atoms with van der Waals surface area (Å²) in [5, 5.41) is 0.338. The van der Waals surface area contributed by atoms with Gasteiger partial charge in [-0.2, -0.15) is 3.71 Å². The molecular weight excluding hydrogens is 539 g/mol. The van der Waals surface area contributed by atoms with Crippen molar-refractivity contribution in [2.75, 3.05) is 3.71 Å². The second-order valence-electron chi connectivity index (χ2n) is 10.0. The van der Waals surface area contributed by atoms with Crippen molar-refractivity contribution >= 4 is 44.8 Å². The molecule has 0 saturated heterocycles. The minimum atomic E-state index is -4.57. The van der Waals surface area contributed by atoms with Crippen molar-refractivity contribution < 1.29 is 21.3 Å². The molecule has 0 aliphatic carbocycles. The van der Waals surface area contributed by atoms with Crippen LogP contribution >= 0.6 is 0 Å². The standard InChI is InChI=1S/C28H27NO6S2Si/c1-20-6-11-25(12-7-20)36(31,32)29(37(33,34)26-13-8-21(2)9-14-26)24-10-15-27-23(19-24)18-22(28(30)35-27)16-17-38(3,4)5/h6-15,18-19H,1-5H3. The molecule has 7 nitrogen and oxygen atoms in total. The minimum absolute atomic E-state index is 0.117. The molecule has 10 heteroatoms. The summed E-state index contributed by atoms with van der Waals surface area (Å²) in [7, 11) is -10.9. The first kappa shape index (κ1) is 27.4. The SMILES string of the molecule is Cc1ccc(S(=O)(=O)N(c2ccc3oc(=O)c(C#C[Si](C)(C)C)cc3c2)S(=O)(=O)c2ccc(C)cc2)cc1. The Morgan fingerprint density at radius 3 is 1.71 bits per heavy atom. The van der Waals surface area contributed by atoms with E-state index in [-0.39, 0.29) is 26.6 Å². The van der Waals surface area contributed by atoms with Crippen LogP contribution in [0.4, 0.5) is 5.69 Å². The molecule has 1 aromatic heterocycles. The molecule has 0 N–H and O–H groups in total. The number of aryl methyl sites for hydroxylation is 2. The quantitative estimate of drug-likeness (QED) is 0.187. The van der Waals surface area contributed by atoms with Gasteiger partial charge in [0.05, 0.1) is 15.5 Å². The number of benzene rings is 3. The van der Waals surface area contributed by atoms with Crippen molar-refractivity contribution in [3.63, 3.8) is 0 Å². The van der Waals surface area contributed by atoms with Gasteiger partial charge in [0.25, 0.3) is 20.0 Å². The van der Waals surface area contributed by atoms with E-state index in [4.69, 9.17) is 4.42 Å². The average Bonchev–Trinajstić information content (AvgIpc) is 2.82. The van der Waals surface area contributed by atoms with Gasteiger partial charge < -0.3 is 4.42 Å². The minimum Gasteiger partial charge on any atom is -0.422 e. The zero-order chi connectivity index (χ0) is 27.9. The summed E-state index contributed by atoms with van der Waals surface area (Å²) in [6, 6.07) is 17.4. The number of fused-ring (bicyclic) bond motifs is 1. The van der Waals surface area contributed by atoms with Gasteiger partial charge in [0.2, 0.25) is 0 Å². The highest BCUT2D eigenvalue weighted by Gasteiger charge is 2.37. The third-order valence-electron chi connectivity index (χ3n) is 5.57. The Hall–Kier alpha value is -3.65. The maximum absolute atomic E-state index is 13.9. The van der Waals surface area contributed by atoms with E-state index in [2.05, 4.69) is 11.5 Å². The lowest BCUT2D eigenvalue weighted by molar-refractivity contribution is 0.558. The normalized spacial score (nSPS) is 12.1. The largest absolute Gasteiger partial charge is 0.422 e. The topological polar surface area (TPSA) is 102 Å². The molecule has 3 aromatic carbocycles. The number of rotatable bonds is 5. The monoisotopic (exact) mass is 565 g/mol. The van der Waals surface area contributed by atoms with Gasteiger partial charge in [-0.25, -0.2) is 21.6 Å². The van der Waals surface area contributed by atoms with Gasteiger partial charge in [-0.3, -0.25) is 0 Å². The Bertz CT molecular complexity index is 1780. The summed E-state index contributed by atoms with van der Waals surface area (Å²) in [5.41, 5.74) is 4.30. The van der Waals surface area contributed by atoms with Crippen LogP contribution in [0.3, 0.4) is 0 Å². The molecule has 4 rings (SSSR count). The summed E-state index contributed by atoms with van der Waals surface area (Å²) in [5.74, 6) is 2.87. The highest BCUT2D eigenvalue weighted by Crippen LogP contribution is 2.33. The number of nitrogens with zero attached hydrogens (tertiary/aromatic N) is 1. The molecule has 0 atom stereocenters. The number of sulfonamides is 2. The van der Waals surface area contributed by atoms with E-state index in [1.54, 1.807) is 38.1 Å². The molecule has 4 aromatic rings. The molecule has 0 bridgehead atoms. The van der Waals surface area contributed by atoms with Gasteiger partial charge in [0.15, 0.2) is 0 Å². The van der Waals surface area contributed by atoms with Crippen LogP contribution < -0.4 is 9.34 Å². The third kappa shape index (κ3) is 5.60. The van der Waals surface area contributed by atoms with Crippen LogP contribution in [0.25, 0.3) is 11.0 Å². The summed E-state index contributed by atoms with van der Waals surface area (Å²) in [6.07, 6.45) is 0. The zero-order valence-corrected chi connectivity index (χ0v) is 24.3. The lowest BCUT2D eigenvalue weighted by Crippen LogP contribution is -2.37. The van der Waals surface area contributed by atoms with Gasteiger partial charge in [-0.05, 0) is 62.4 Å². The predicted octanol–water partition coefficient (Wildman–Crippen LogP) is 5.22. The van der Waals surface area contributed by atoms with Crippen LogP contribution in [0.1, 0.15) is 16.7 Å². The highest BCUT2D eigenvalue weighted by atomic mass is 32.3. The van der Waals surface area contributed by atoms with Gasteiger partial charge in [-0.15, -0.1) is 5.54 Å². The molecule has 0 aliphatic heterocycles. The van der Waals surface area contributed by atoms with Crippen molar-refractivity contribution in [2.45, 2.75) is 43.3 Å². The van der Waals surface area contributed by atoms with E-state index in [9.17, 15) is 21.6 Å². The Labute approximate surface area is 223 Å². The van der Waals surface area contributed by atoms with Crippen molar-refractivity contribution in [3.8, 4) is 11.5 Å². The van der Waals surface area contributed by atoms with Crippen molar-refractivity contribution in [1.29, 1.82) is 0 Å². The van der Waals surface area contributed by atoms with Crippen LogP contribution in [0, 0.1) is 25.3 Å². The van der Waals surface area contributed by atoms with Crippen molar-refractivity contribution in [3.05, 3.63) is 99.9 Å². The van der Waals surface area contributed by atoms with E-state index in [1.807, 2.05) is 19.6 Å². The smallest absolute Gasteiger partial charge is 0.352 e. The lowest BCUT2D eigenvalue weighted by atomic mass is 10.2. The zero-order valence-electron chi connectivity index (χ0n) is 21.6. The molecule has 0 radical (unpaired) electrons. The van der Waals surface area contributed by atoms with Gasteiger partial charge in [0, 0.05) is 5.39 Å². The van der Waals surface area contributed by atoms with Crippen molar-refractivity contribution in [2.24, 2.45) is 0 Å². The molecule has 0 unspecified atom stereocenters. The molecule has 0 spiro atoms. The molecule has 0 saturated carbocycles. The van der Waals surface area contributed by atoms with E-state index in [0.717, 1.165) is 11.1 Å². The fourth-order valence-electron chi connectivity index (χ4n) is 3.59. The van der Waals surface area contributed by atoms with E-state index < -0.39 is 33.7 Å². The Balaban J connectivity index is 1.97. The fraction of sp³-hybridized carbons (Fsp3) is 0.179. The van der Waals surface area contributed by atoms with Gasteiger partial charge in [0.1, 0.15) is 19.2 Å². The van der Waals surface area contributed by atoms with E-state index >= 15 is 0 Å². The second kappa shape index (κ2) is 9.91.